The van der Waals surface area contributed by atoms with Crippen molar-refractivity contribution >= 4 is 5.91 Å². The maximum Gasteiger partial charge on any atom is 0.217 e. The van der Waals surface area contributed by atoms with Gasteiger partial charge >= 0.3 is 0 Å². The summed E-state index contributed by atoms with van der Waals surface area (Å²) >= 11 is 0. The Bertz CT molecular complexity index is 235. The zero-order chi connectivity index (χ0) is 11.6. The van der Waals surface area contributed by atoms with E-state index in [1.165, 1.54) is 6.92 Å². The number of hydrogen-bond donors (Lipinski definition) is 4. The lowest BCUT2D eigenvalue weighted by molar-refractivity contribution is -0.190. The van der Waals surface area contributed by atoms with Crippen LogP contribution in [0.15, 0.2) is 0 Å². The van der Waals surface area contributed by atoms with Crippen molar-refractivity contribution in [1.82, 2.24) is 5.32 Å². The summed E-state index contributed by atoms with van der Waals surface area (Å²) < 4.78 is 5.26. The fourth-order valence-electron chi connectivity index (χ4n) is 1.74. The van der Waals surface area contributed by atoms with E-state index in [2.05, 4.69) is 5.32 Å². The number of carbonyl (C=O) groups is 1. The highest BCUT2D eigenvalue weighted by molar-refractivity contribution is 5.73. The first kappa shape index (κ1) is 12.4. The number of aliphatic hydroxyl groups excluding tert-OH is 3. The van der Waals surface area contributed by atoms with E-state index in [1.54, 1.807) is 6.92 Å². The van der Waals surface area contributed by atoms with Gasteiger partial charge in [-0.1, -0.05) is 0 Å². The lowest BCUT2D eigenvalue weighted by Gasteiger charge is -2.41. The first-order valence-electron chi connectivity index (χ1n) is 4.87. The SMILES string of the molecule is CC(=O)NC1[C@@H](C)OC(CO)[C@@H](O)[C@H]1O. The lowest BCUT2D eigenvalue weighted by Crippen LogP contribution is -2.63. The number of ether oxygens (including phenoxy) is 1. The van der Waals surface area contributed by atoms with Gasteiger partial charge in [0.1, 0.15) is 18.3 Å². The van der Waals surface area contributed by atoms with Crippen molar-refractivity contribution in [2.24, 2.45) is 0 Å². The minimum atomic E-state index is -1.19. The molecule has 1 fully saturated rings. The van der Waals surface area contributed by atoms with E-state index in [1.807, 2.05) is 0 Å². The van der Waals surface area contributed by atoms with Crippen LogP contribution in [0.5, 0.6) is 0 Å². The summed E-state index contributed by atoms with van der Waals surface area (Å²) in [6.07, 6.45) is -3.58. The maximum atomic E-state index is 10.9. The molecule has 0 aliphatic carbocycles. The molecule has 1 amide bonds. The number of hydrogen-bond acceptors (Lipinski definition) is 5. The Kier molecular flexibility index (Phi) is 4.04. The molecule has 0 spiro atoms. The number of amides is 1. The quantitative estimate of drug-likeness (QED) is 0.430. The average molecular weight is 219 g/mol. The molecular weight excluding hydrogens is 202 g/mol. The van der Waals surface area contributed by atoms with Gasteiger partial charge in [-0.25, -0.2) is 0 Å². The van der Waals surface area contributed by atoms with E-state index in [-0.39, 0.29) is 12.5 Å². The number of rotatable bonds is 2. The smallest absolute Gasteiger partial charge is 0.217 e. The molecule has 1 saturated heterocycles. The minimum absolute atomic E-state index is 0.302. The number of nitrogens with one attached hydrogen (secondary N) is 1. The van der Waals surface area contributed by atoms with Gasteiger partial charge in [0.25, 0.3) is 0 Å². The molecule has 4 N–H and O–H groups in total. The molecule has 0 saturated carbocycles. The third kappa shape index (κ3) is 2.66. The molecule has 6 nitrogen and oxygen atoms in total. The van der Waals surface area contributed by atoms with Gasteiger partial charge in [-0.3, -0.25) is 4.79 Å². The zero-order valence-corrected chi connectivity index (χ0v) is 8.75. The van der Waals surface area contributed by atoms with Crippen LogP contribution in [0, 0.1) is 0 Å². The van der Waals surface area contributed by atoms with Crippen LogP contribution in [0.2, 0.25) is 0 Å². The van der Waals surface area contributed by atoms with Crippen molar-refractivity contribution in [1.29, 1.82) is 0 Å². The Morgan fingerprint density at radius 3 is 2.47 bits per heavy atom. The van der Waals surface area contributed by atoms with E-state index in [0.29, 0.717) is 0 Å². The van der Waals surface area contributed by atoms with Crippen molar-refractivity contribution in [3.8, 4) is 0 Å². The van der Waals surface area contributed by atoms with Crippen LogP contribution in [-0.4, -0.2) is 58.3 Å². The third-order valence-electron chi connectivity index (χ3n) is 2.54. The van der Waals surface area contributed by atoms with Crippen LogP contribution in [0.4, 0.5) is 0 Å². The Balaban J connectivity index is 2.70. The first-order chi connectivity index (χ1) is 6.97. The average Bonchev–Trinajstić information content (AvgIpc) is 2.18. The molecule has 2 unspecified atom stereocenters. The van der Waals surface area contributed by atoms with Crippen LogP contribution in [0.25, 0.3) is 0 Å². The van der Waals surface area contributed by atoms with E-state index >= 15 is 0 Å². The summed E-state index contributed by atoms with van der Waals surface area (Å²) in [6.45, 7) is 2.62. The van der Waals surface area contributed by atoms with Crippen molar-refractivity contribution in [2.75, 3.05) is 6.61 Å². The summed E-state index contributed by atoms with van der Waals surface area (Å²) in [5.74, 6) is -0.302. The van der Waals surface area contributed by atoms with Gasteiger partial charge in [-0.2, -0.15) is 0 Å². The Labute approximate surface area is 87.9 Å². The second kappa shape index (κ2) is 4.89. The van der Waals surface area contributed by atoms with Gasteiger partial charge in [0, 0.05) is 6.92 Å². The Morgan fingerprint density at radius 2 is 2.00 bits per heavy atom. The fourth-order valence-corrected chi connectivity index (χ4v) is 1.74. The van der Waals surface area contributed by atoms with Gasteiger partial charge < -0.3 is 25.4 Å². The lowest BCUT2D eigenvalue weighted by atomic mass is 9.93. The third-order valence-corrected chi connectivity index (χ3v) is 2.54. The second-order valence-electron chi connectivity index (χ2n) is 3.77. The van der Waals surface area contributed by atoms with E-state index in [4.69, 9.17) is 9.84 Å². The molecule has 6 heteroatoms. The van der Waals surface area contributed by atoms with Crippen LogP contribution in [0.3, 0.4) is 0 Å². The van der Waals surface area contributed by atoms with E-state index < -0.39 is 30.5 Å². The van der Waals surface area contributed by atoms with Crippen molar-refractivity contribution in [3.63, 3.8) is 0 Å². The molecule has 0 aromatic heterocycles. The Morgan fingerprint density at radius 1 is 1.40 bits per heavy atom. The molecule has 5 atom stereocenters. The zero-order valence-electron chi connectivity index (χ0n) is 8.75. The molecule has 0 aromatic carbocycles. The predicted octanol–water partition coefficient (Wildman–Crippen LogP) is -2.01. The van der Waals surface area contributed by atoms with Crippen molar-refractivity contribution in [2.45, 2.75) is 44.3 Å². The number of aliphatic hydroxyl groups is 3. The highest BCUT2D eigenvalue weighted by atomic mass is 16.5. The molecule has 1 heterocycles. The van der Waals surface area contributed by atoms with Gasteiger partial charge in [-0.05, 0) is 6.92 Å². The van der Waals surface area contributed by atoms with Crippen LogP contribution in [-0.2, 0) is 9.53 Å². The predicted molar refractivity (Wildman–Crippen MR) is 51.0 cm³/mol. The molecule has 0 bridgehead atoms. The van der Waals surface area contributed by atoms with Crippen LogP contribution >= 0.6 is 0 Å². The summed E-state index contributed by atoms with van der Waals surface area (Å²) in [4.78, 5) is 10.9. The molecule has 1 aliphatic rings. The fraction of sp³-hybridized carbons (Fsp3) is 0.889. The molecule has 1 aliphatic heterocycles. The van der Waals surface area contributed by atoms with Gasteiger partial charge in [0.15, 0.2) is 0 Å². The highest BCUT2D eigenvalue weighted by Gasteiger charge is 2.42. The topological polar surface area (TPSA) is 99.0 Å². The van der Waals surface area contributed by atoms with E-state index in [0.717, 1.165) is 0 Å². The molecule has 88 valence electrons. The van der Waals surface area contributed by atoms with Crippen molar-refractivity contribution < 1.29 is 24.9 Å². The molecular formula is C9H17NO5. The first-order valence-corrected chi connectivity index (χ1v) is 4.87. The summed E-state index contributed by atoms with van der Waals surface area (Å²) in [7, 11) is 0. The monoisotopic (exact) mass is 219 g/mol. The summed E-state index contributed by atoms with van der Waals surface area (Å²) in [5.41, 5.74) is 0. The van der Waals surface area contributed by atoms with E-state index in [9.17, 15) is 15.0 Å². The Hall–Kier alpha value is -0.690. The van der Waals surface area contributed by atoms with Crippen molar-refractivity contribution in [3.05, 3.63) is 0 Å². The summed E-state index contributed by atoms with van der Waals surface area (Å²) in [6, 6.07) is -0.653. The molecule has 0 radical (unpaired) electrons. The highest BCUT2D eigenvalue weighted by Crippen LogP contribution is 2.20. The molecule has 1 rings (SSSR count). The van der Waals surface area contributed by atoms with Gasteiger partial charge in [-0.15, -0.1) is 0 Å². The normalized spacial score (nSPS) is 41.3. The summed E-state index contributed by atoms with van der Waals surface area (Å²) in [5, 5.41) is 30.6. The van der Waals surface area contributed by atoms with Crippen LogP contribution in [0.1, 0.15) is 13.8 Å². The molecule has 15 heavy (non-hydrogen) atoms. The second-order valence-corrected chi connectivity index (χ2v) is 3.77. The minimum Gasteiger partial charge on any atom is -0.394 e. The molecule has 0 aromatic rings. The van der Waals surface area contributed by atoms with Gasteiger partial charge in [0.05, 0.1) is 18.8 Å². The standard InChI is InChI=1S/C9H17NO5/c1-4-7(10-5(2)12)9(14)8(13)6(3-11)15-4/h4,6-9,11,13-14H,3H2,1-2H3,(H,10,12)/t4-,6?,7?,8-,9+/m1/s1. The maximum absolute atomic E-state index is 10.9. The van der Waals surface area contributed by atoms with Crippen LogP contribution < -0.4 is 5.32 Å². The largest absolute Gasteiger partial charge is 0.394 e. The number of carbonyl (C=O) groups excluding carboxylic acids is 1. The van der Waals surface area contributed by atoms with Gasteiger partial charge in [0.2, 0.25) is 5.91 Å².